The van der Waals surface area contributed by atoms with Gasteiger partial charge in [0.2, 0.25) is 5.91 Å². The number of benzene rings is 1. The summed E-state index contributed by atoms with van der Waals surface area (Å²) in [6.07, 6.45) is 3.20. The van der Waals surface area contributed by atoms with Gasteiger partial charge in [-0.3, -0.25) is 19.5 Å². The van der Waals surface area contributed by atoms with E-state index in [1.807, 2.05) is 24.3 Å². The zero-order valence-corrected chi connectivity index (χ0v) is 17.3. The number of pyridine rings is 1. The van der Waals surface area contributed by atoms with Gasteiger partial charge in [0, 0.05) is 43.6 Å². The fourth-order valence-electron chi connectivity index (χ4n) is 5.10. The van der Waals surface area contributed by atoms with Crippen LogP contribution in [0.1, 0.15) is 21.8 Å². The van der Waals surface area contributed by atoms with E-state index in [0.717, 1.165) is 24.3 Å². The van der Waals surface area contributed by atoms with Crippen molar-refractivity contribution in [3.8, 4) is 0 Å². The molecule has 0 saturated carbocycles. The Morgan fingerprint density at radius 1 is 1.13 bits per heavy atom. The number of morpholine rings is 1. The van der Waals surface area contributed by atoms with Crippen molar-refractivity contribution in [2.45, 2.75) is 18.0 Å². The highest BCUT2D eigenvalue weighted by Gasteiger charge is 2.55. The average molecular weight is 422 g/mol. The molecular formula is C23H26N4O4. The van der Waals surface area contributed by atoms with E-state index in [0.29, 0.717) is 31.9 Å². The standard InChI is InChI=1S/C23H26N4O4/c28-15-20-22-17-5-1-2-6-18(17)26(23(30)16-4-3-7-24-12-16)13-19(22)27(20)21(29)14-25-8-10-31-11-9-25/h1-7,12,19-20,22,28H,8-11,13-15H2/t19-,20-,22+/m0/s1. The van der Waals surface area contributed by atoms with E-state index < -0.39 is 0 Å². The Balaban J connectivity index is 1.43. The largest absolute Gasteiger partial charge is 0.394 e. The average Bonchev–Trinajstić information content (AvgIpc) is 2.80. The molecular weight excluding hydrogens is 396 g/mol. The third-order valence-electron chi connectivity index (χ3n) is 6.59. The van der Waals surface area contributed by atoms with Crippen LogP contribution >= 0.6 is 0 Å². The molecule has 1 aromatic carbocycles. The molecule has 8 heteroatoms. The van der Waals surface area contributed by atoms with Gasteiger partial charge in [-0.1, -0.05) is 18.2 Å². The number of hydrogen-bond acceptors (Lipinski definition) is 6. The Hall–Kier alpha value is -2.81. The Bertz CT molecular complexity index is 963. The van der Waals surface area contributed by atoms with Crippen LogP contribution in [0.4, 0.5) is 5.69 Å². The topological polar surface area (TPSA) is 86.2 Å². The quantitative estimate of drug-likeness (QED) is 0.782. The first kappa shape index (κ1) is 20.1. The van der Waals surface area contributed by atoms with E-state index in [-0.39, 0.29) is 36.4 Å². The van der Waals surface area contributed by atoms with Crippen LogP contribution in [0.3, 0.4) is 0 Å². The highest BCUT2D eigenvalue weighted by molar-refractivity contribution is 6.07. The van der Waals surface area contributed by atoms with Gasteiger partial charge in [0.1, 0.15) is 0 Å². The summed E-state index contributed by atoms with van der Waals surface area (Å²) < 4.78 is 5.38. The maximum atomic E-state index is 13.3. The van der Waals surface area contributed by atoms with E-state index in [2.05, 4.69) is 9.88 Å². The number of ether oxygens (including phenoxy) is 1. The summed E-state index contributed by atoms with van der Waals surface area (Å²) in [5, 5.41) is 10.1. The number of para-hydroxylation sites is 1. The van der Waals surface area contributed by atoms with Crippen molar-refractivity contribution in [3.63, 3.8) is 0 Å². The number of likely N-dealkylation sites (tertiary alicyclic amines) is 1. The smallest absolute Gasteiger partial charge is 0.259 e. The number of amides is 2. The fraction of sp³-hybridized carbons (Fsp3) is 0.435. The first-order chi connectivity index (χ1) is 15.2. The van der Waals surface area contributed by atoms with E-state index in [4.69, 9.17) is 4.74 Å². The highest BCUT2D eigenvalue weighted by atomic mass is 16.5. The van der Waals surface area contributed by atoms with Crippen LogP contribution in [0.25, 0.3) is 0 Å². The zero-order valence-electron chi connectivity index (χ0n) is 17.3. The van der Waals surface area contributed by atoms with Crippen LogP contribution < -0.4 is 4.90 Å². The molecule has 0 radical (unpaired) electrons. The third kappa shape index (κ3) is 3.50. The van der Waals surface area contributed by atoms with E-state index in [1.165, 1.54) is 0 Å². The van der Waals surface area contributed by atoms with E-state index in [9.17, 15) is 14.7 Å². The lowest BCUT2D eigenvalue weighted by molar-refractivity contribution is -0.152. The molecule has 3 atom stereocenters. The predicted molar refractivity (Wildman–Crippen MR) is 114 cm³/mol. The normalized spacial score (nSPS) is 25.4. The van der Waals surface area contributed by atoms with Crippen LogP contribution in [-0.4, -0.2) is 89.8 Å². The maximum absolute atomic E-state index is 13.3. The number of carbonyl (C=O) groups is 2. The summed E-state index contributed by atoms with van der Waals surface area (Å²) in [7, 11) is 0. The summed E-state index contributed by atoms with van der Waals surface area (Å²) in [6.45, 7) is 3.33. The van der Waals surface area contributed by atoms with Crippen LogP contribution in [0.5, 0.6) is 0 Å². The molecule has 8 nitrogen and oxygen atoms in total. The van der Waals surface area contributed by atoms with Crippen LogP contribution in [0, 0.1) is 0 Å². The van der Waals surface area contributed by atoms with Gasteiger partial charge in [-0.25, -0.2) is 0 Å². The minimum atomic E-state index is -0.268. The monoisotopic (exact) mass is 422 g/mol. The van der Waals surface area contributed by atoms with Crippen LogP contribution in [0.15, 0.2) is 48.8 Å². The lowest BCUT2D eigenvalue weighted by atomic mass is 9.71. The van der Waals surface area contributed by atoms with Crippen molar-refractivity contribution in [1.82, 2.24) is 14.8 Å². The van der Waals surface area contributed by atoms with Crippen molar-refractivity contribution in [3.05, 3.63) is 59.9 Å². The van der Waals surface area contributed by atoms with Crippen molar-refractivity contribution >= 4 is 17.5 Å². The van der Waals surface area contributed by atoms with Crippen molar-refractivity contribution < 1.29 is 19.4 Å². The molecule has 31 heavy (non-hydrogen) atoms. The van der Waals surface area contributed by atoms with Gasteiger partial charge in [-0.15, -0.1) is 0 Å². The molecule has 0 bridgehead atoms. The summed E-state index contributed by atoms with van der Waals surface area (Å²) in [5.41, 5.74) is 2.36. The molecule has 2 amide bonds. The number of aliphatic hydroxyl groups is 1. The van der Waals surface area contributed by atoms with Gasteiger partial charge < -0.3 is 19.6 Å². The fourth-order valence-corrected chi connectivity index (χ4v) is 5.10. The van der Waals surface area contributed by atoms with Crippen molar-refractivity contribution in [2.24, 2.45) is 0 Å². The summed E-state index contributed by atoms with van der Waals surface area (Å²) >= 11 is 0. The van der Waals surface area contributed by atoms with Crippen molar-refractivity contribution in [2.75, 3.05) is 50.9 Å². The Kier molecular flexibility index (Phi) is 5.43. The number of nitrogens with zero attached hydrogens (tertiary/aromatic N) is 4. The number of rotatable bonds is 4. The Morgan fingerprint density at radius 3 is 2.68 bits per heavy atom. The Labute approximate surface area is 181 Å². The van der Waals surface area contributed by atoms with Crippen molar-refractivity contribution in [1.29, 1.82) is 0 Å². The van der Waals surface area contributed by atoms with Gasteiger partial charge in [0.25, 0.3) is 5.91 Å². The lowest BCUT2D eigenvalue weighted by Crippen LogP contribution is -2.71. The molecule has 3 aliphatic rings. The number of hydrogen-bond donors (Lipinski definition) is 1. The maximum Gasteiger partial charge on any atom is 0.259 e. The number of aromatic nitrogens is 1. The molecule has 4 heterocycles. The molecule has 0 unspecified atom stereocenters. The molecule has 2 fully saturated rings. The number of anilines is 1. The molecule has 2 aromatic rings. The van der Waals surface area contributed by atoms with Gasteiger partial charge in [-0.05, 0) is 23.8 Å². The van der Waals surface area contributed by atoms with Gasteiger partial charge >= 0.3 is 0 Å². The first-order valence-corrected chi connectivity index (χ1v) is 10.7. The molecule has 1 aromatic heterocycles. The first-order valence-electron chi connectivity index (χ1n) is 10.7. The predicted octanol–water partition coefficient (Wildman–Crippen LogP) is 0.729. The third-order valence-corrected chi connectivity index (χ3v) is 6.59. The molecule has 1 N–H and O–H groups in total. The Morgan fingerprint density at radius 2 is 1.94 bits per heavy atom. The number of carbonyl (C=O) groups excluding carboxylic acids is 2. The molecule has 2 saturated heterocycles. The molecule has 3 aliphatic heterocycles. The second-order valence-electron chi connectivity index (χ2n) is 8.25. The van der Waals surface area contributed by atoms with Gasteiger partial charge in [0.05, 0.1) is 44.0 Å². The highest BCUT2D eigenvalue weighted by Crippen LogP contribution is 2.48. The molecule has 5 rings (SSSR count). The van der Waals surface area contributed by atoms with Gasteiger partial charge in [0.15, 0.2) is 0 Å². The van der Waals surface area contributed by atoms with Gasteiger partial charge in [-0.2, -0.15) is 0 Å². The van der Waals surface area contributed by atoms with E-state index >= 15 is 0 Å². The van der Waals surface area contributed by atoms with Crippen LogP contribution in [-0.2, 0) is 9.53 Å². The van der Waals surface area contributed by atoms with Crippen LogP contribution in [0.2, 0.25) is 0 Å². The molecule has 0 spiro atoms. The number of fused-ring (bicyclic) bond motifs is 3. The summed E-state index contributed by atoms with van der Waals surface area (Å²) in [4.78, 5) is 36.2. The minimum Gasteiger partial charge on any atom is -0.394 e. The molecule has 0 aliphatic carbocycles. The summed E-state index contributed by atoms with van der Waals surface area (Å²) in [5.74, 6) is -0.116. The second-order valence-corrected chi connectivity index (χ2v) is 8.25. The lowest BCUT2D eigenvalue weighted by Gasteiger charge is -2.59. The van der Waals surface area contributed by atoms with E-state index in [1.54, 1.807) is 34.3 Å². The number of aliphatic hydroxyl groups excluding tert-OH is 1. The SMILES string of the molecule is O=C(c1cccnc1)N1C[C@H]2[C@@H](c3ccccc31)[C@H](CO)N2C(=O)CN1CCOCC1. The molecule has 162 valence electrons. The second kappa shape index (κ2) is 8.37. The minimum absolute atomic E-state index is 0.00430. The summed E-state index contributed by atoms with van der Waals surface area (Å²) in [6, 6.07) is 10.9. The zero-order chi connectivity index (χ0) is 21.4.